The van der Waals surface area contributed by atoms with E-state index in [1.54, 1.807) is 0 Å². The number of aromatic nitrogens is 1. The van der Waals surface area contributed by atoms with E-state index in [0.29, 0.717) is 13.1 Å². The van der Waals surface area contributed by atoms with Gasteiger partial charge >= 0.3 is 0 Å². The predicted molar refractivity (Wildman–Crippen MR) is 109 cm³/mol. The fraction of sp³-hybridized carbons (Fsp3) is 0.429. The third kappa shape index (κ3) is 4.13. The van der Waals surface area contributed by atoms with Crippen LogP contribution in [0.1, 0.15) is 42.9 Å². The van der Waals surface area contributed by atoms with Gasteiger partial charge in [-0.3, -0.25) is 9.59 Å². The van der Waals surface area contributed by atoms with Gasteiger partial charge in [-0.05, 0) is 49.3 Å². The smallest absolute Gasteiger partial charge is 0.251 e. The molecular formula is C21H25N3O4S. The molecule has 1 aliphatic carbocycles. The largest absolute Gasteiger partial charge is 0.348 e. The Balaban J connectivity index is 1.51. The Morgan fingerprint density at radius 3 is 2.62 bits per heavy atom. The van der Waals surface area contributed by atoms with Gasteiger partial charge in [0.25, 0.3) is 5.56 Å². The second kappa shape index (κ2) is 8.12. The van der Waals surface area contributed by atoms with Crippen LogP contribution < -0.4 is 10.9 Å². The van der Waals surface area contributed by atoms with Crippen LogP contribution in [0, 0.1) is 0 Å². The highest BCUT2D eigenvalue weighted by molar-refractivity contribution is 7.89. The van der Waals surface area contributed by atoms with Gasteiger partial charge in [-0.2, -0.15) is 4.31 Å². The number of carbonyl (C=O) groups is 1. The molecule has 2 aliphatic rings. The molecule has 1 aliphatic heterocycles. The summed E-state index contributed by atoms with van der Waals surface area (Å²) >= 11 is 0. The van der Waals surface area contributed by atoms with Crippen molar-refractivity contribution in [3.63, 3.8) is 0 Å². The molecule has 0 unspecified atom stereocenters. The zero-order chi connectivity index (χ0) is 20.4. The molecule has 4 rings (SSSR count). The van der Waals surface area contributed by atoms with Gasteiger partial charge in [-0.25, -0.2) is 8.42 Å². The summed E-state index contributed by atoms with van der Waals surface area (Å²) in [6.45, 7) is 0.771. The van der Waals surface area contributed by atoms with Gasteiger partial charge in [0.2, 0.25) is 15.9 Å². The SMILES string of the molecule is O=C(Cn1cc(S(=O)(=O)N2CCCC2)ccc1=O)N[C@H]1CCCc2ccccc21. The van der Waals surface area contributed by atoms with Crippen molar-refractivity contribution in [2.24, 2.45) is 0 Å². The third-order valence-corrected chi connectivity index (χ3v) is 7.56. The average molecular weight is 416 g/mol. The minimum absolute atomic E-state index is 0.0508. The van der Waals surface area contributed by atoms with Crippen LogP contribution in [-0.2, 0) is 27.8 Å². The van der Waals surface area contributed by atoms with E-state index in [-0.39, 0.29) is 23.4 Å². The second-order valence-corrected chi connectivity index (χ2v) is 9.59. The monoisotopic (exact) mass is 415 g/mol. The molecule has 29 heavy (non-hydrogen) atoms. The van der Waals surface area contributed by atoms with Crippen LogP contribution >= 0.6 is 0 Å². The van der Waals surface area contributed by atoms with Gasteiger partial charge < -0.3 is 9.88 Å². The standard InChI is InChI=1S/C21H25N3O4S/c25-20(22-19-9-5-7-16-6-1-2-8-18(16)19)15-23-14-17(10-11-21(23)26)29(27,28)24-12-3-4-13-24/h1-2,6,8,10-11,14,19H,3-5,7,9,12-13,15H2,(H,22,25)/t19-/m0/s1. The maximum Gasteiger partial charge on any atom is 0.251 e. The number of pyridine rings is 1. The van der Waals surface area contributed by atoms with Crippen LogP contribution in [0.2, 0.25) is 0 Å². The van der Waals surface area contributed by atoms with E-state index in [0.717, 1.165) is 37.7 Å². The van der Waals surface area contributed by atoms with E-state index >= 15 is 0 Å². The topological polar surface area (TPSA) is 88.5 Å². The quantitative estimate of drug-likeness (QED) is 0.807. The fourth-order valence-electron chi connectivity index (χ4n) is 4.16. The van der Waals surface area contributed by atoms with Crippen molar-refractivity contribution in [3.05, 3.63) is 64.1 Å². The van der Waals surface area contributed by atoms with Gasteiger partial charge in [0.1, 0.15) is 6.54 Å². The number of hydrogen-bond donors (Lipinski definition) is 1. The van der Waals surface area contributed by atoms with E-state index in [1.807, 2.05) is 18.2 Å². The van der Waals surface area contributed by atoms with E-state index in [2.05, 4.69) is 11.4 Å². The number of sulfonamides is 1. The predicted octanol–water partition coefficient (Wildman–Crippen LogP) is 1.83. The number of amides is 1. The molecule has 1 fully saturated rings. The summed E-state index contributed by atoms with van der Waals surface area (Å²) < 4.78 is 28.1. The molecule has 2 heterocycles. The number of nitrogens with one attached hydrogen (secondary N) is 1. The average Bonchev–Trinajstić information content (AvgIpc) is 3.26. The number of nitrogens with zero attached hydrogens (tertiary/aromatic N) is 2. The van der Waals surface area contributed by atoms with Crippen LogP contribution in [-0.4, -0.2) is 36.3 Å². The molecule has 154 valence electrons. The van der Waals surface area contributed by atoms with E-state index in [4.69, 9.17) is 0 Å². The van der Waals surface area contributed by atoms with Gasteiger partial charge in [0, 0.05) is 25.4 Å². The number of carbonyl (C=O) groups excluding carboxylic acids is 1. The highest BCUT2D eigenvalue weighted by atomic mass is 32.2. The number of aryl methyl sites for hydroxylation is 1. The number of rotatable bonds is 5. The van der Waals surface area contributed by atoms with Gasteiger partial charge in [-0.1, -0.05) is 24.3 Å². The molecule has 1 atom stereocenters. The Bertz CT molecular complexity index is 1070. The van der Waals surface area contributed by atoms with Crippen molar-refractivity contribution in [2.45, 2.75) is 49.6 Å². The van der Waals surface area contributed by atoms with Gasteiger partial charge in [0.15, 0.2) is 0 Å². The van der Waals surface area contributed by atoms with Crippen molar-refractivity contribution < 1.29 is 13.2 Å². The minimum atomic E-state index is -3.64. The molecule has 1 aromatic heterocycles. The molecule has 8 heteroatoms. The molecular weight excluding hydrogens is 390 g/mol. The second-order valence-electron chi connectivity index (χ2n) is 7.65. The Kier molecular flexibility index (Phi) is 5.56. The van der Waals surface area contributed by atoms with Crippen LogP contribution in [0.15, 0.2) is 52.3 Å². The molecule has 1 aromatic carbocycles. The van der Waals surface area contributed by atoms with Crippen molar-refractivity contribution >= 4 is 15.9 Å². The van der Waals surface area contributed by atoms with E-state index in [9.17, 15) is 18.0 Å². The van der Waals surface area contributed by atoms with E-state index in [1.165, 1.54) is 32.8 Å². The van der Waals surface area contributed by atoms with Crippen molar-refractivity contribution in [3.8, 4) is 0 Å². The third-order valence-electron chi connectivity index (χ3n) is 5.68. The summed E-state index contributed by atoms with van der Waals surface area (Å²) in [7, 11) is -3.64. The number of benzene rings is 1. The lowest BCUT2D eigenvalue weighted by molar-refractivity contribution is -0.122. The summed E-state index contributed by atoms with van der Waals surface area (Å²) in [5, 5.41) is 3.01. The van der Waals surface area contributed by atoms with Crippen LogP contribution in [0.4, 0.5) is 0 Å². The van der Waals surface area contributed by atoms with Crippen LogP contribution in [0.25, 0.3) is 0 Å². The van der Waals surface area contributed by atoms with Gasteiger partial charge in [0.05, 0.1) is 10.9 Å². The highest BCUT2D eigenvalue weighted by Gasteiger charge is 2.28. The first-order valence-electron chi connectivity index (χ1n) is 10.0. The Morgan fingerprint density at radius 1 is 1.07 bits per heavy atom. The van der Waals surface area contributed by atoms with Crippen LogP contribution in [0.3, 0.4) is 0 Å². The zero-order valence-corrected chi connectivity index (χ0v) is 17.0. The summed E-state index contributed by atoms with van der Waals surface area (Å²) in [5.74, 6) is -0.301. The fourth-order valence-corrected chi connectivity index (χ4v) is 5.70. The molecule has 1 amide bonds. The Labute approximate surface area is 170 Å². The van der Waals surface area contributed by atoms with Crippen molar-refractivity contribution in [1.82, 2.24) is 14.2 Å². The maximum absolute atomic E-state index is 12.7. The first-order valence-corrected chi connectivity index (χ1v) is 11.5. The molecule has 0 radical (unpaired) electrons. The summed E-state index contributed by atoms with van der Waals surface area (Å²) in [5.41, 5.74) is 1.95. The number of fused-ring (bicyclic) bond motifs is 1. The van der Waals surface area contributed by atoms with Gasteiger partial charge in [-0.15, -0.1) is 0 Å². The van der Waals surface area contributed by atoms with Crippen LogP contribution in [0.5, 0.6) is 0 Å². The molecule has 2 aromatic rings. The Morgan fingerprint density at radius 2 is 1.83 bits per heavy atom. The minimum Gasteiger partial charge on any atom is -0.348 e. The van der Waals surface area contributed by atoms with Crippen molar-refractivity contribution in [2.75, 3.05) is 13.1 Å². The first-order chi connectivity index (χ1) is 13.9. The molecule has 7 nitrogen and oxygen atoms in total. The lowest BCUT2D eigenvalue weighted by Gasteiger charge is -2.26. The highest BCUT2D eigenvalue weighted by Crippen LogP contribution is 2.29. The molecule has 1 N–H and O–H groups in total. The summed E-state index contributed by atoms with van der Waals surface area (Å²) in [4.78, 5) is 24.9. The summed E-state index contributed by atoms with van der Waals surface area (Å²) in [6.07, 6.45) is 5.80. The molecule has 0 spiro atoms. The first kappa shape index (κ1) is 19.8. The van der Waals surface area contributed by atoms with Crippen molar-refractivity contribution in [1.29, 1.82) is 0 Å². The summed E-state index contributed by atoms with van der Waals surface area (Å²) in [6, 6.07) is 10.5. The molecule has 0 saturated carbocycles. The molecule has 0 bridgehead atoms. The number of hydrogen-bond acceptors (Lipinski definition) is 4. The lowest BCUT2D eigenvalue weighted by atomic mass is 9.88. The Hall–Kier alpha value is -2.45. The maximum atomic E-state index is 12.7. The van der Waals surface area contributed by atoms with E-state index < -0.39 is 15.6 Å². The molecule has 1 saturated heterocycles. The normalized spacial score (nSPS) is 19.7. The zero-order valence-electron chi connectivity index (χ0n) is 16.2. The lowest BCUT2D eigenvalue weighted by Crippen LogP contribution is -2.36.